The second kappa shape index (κ2) is 5.65. The topological polar surface area (TPSA) is 98.7 Å². The SMILES string of the molecule is O=C(O)c1cc(Cn2nnc(C(F)(F)F)n2)nn1CC(F)F. The van der Waals surface area contributed by atoms with Crippen molar-refractivity contribution in [3.8, 4) is 0 Å². The molecule has 0 aliphatic rings. The highest BCUT2D eigenvalue weighted by molar-refractivity contribution is 5.85. The van der Waals surface area contributed by atoms with Gasteiger partial charge in [0, 0.05) is 0 Å². The number of aromatic carboxylic acids is 1. The molecule has 13 heteroatoms. The Bertz CT molecular complexity index is 678. The molecule has 2 rings (SSSR count). The number of alkyl halides is 5. The van der Waals surface area contributed by atoms with Crippen LogP contribution in [0.4, 0.5) is 22.0 Å². The second-order valence-corrected chi connectivity index (χ2v) is 4.04. The van der Waals surface area contributed by atoms with Crippen LogP contribution in [0.5, 0.6) is 0 Å². The van der Waals surface area contributed by atoms with Gasteiger partial charge in [-0.25, -0.2) is 13.6 Å². The maximum Gasteiger partial charge on any atom is 0.455 e. The normalized spacial score (nSPS) is 12.1. The molecule has 0 unspecified atom stereocenters. The lowest BCUT2D eigenvalue weighted by Gasteiger charge is -2.02. The zero-order valence-corrected chi connectivity index (χ0v) is 10.5. The van der Waals surface area contributed by atoms with Crippen LogP contribution in [0.25, 0.3) is 0 Å². The van der Waals surface area contributed by atoms with E-state index in [1.54, 1.807) is 0 Å². The van der Waals surface area contributed by atoms with E-state index in [9.17, 15) is 26.7 Å². The van der Waals surface area contributed by atoms with Crippen molar-refractivity contribution < 1.29 is 31.9 Å². The number of aromatic nitrogens is 6. The largest absolute Gasteiger partial charge is 0.477 e. The third-order valence-corrected chi connectivity index (χ3v) is 2.37. The van der Waals surface area contributed by atoms with Crippen molar-refractivity contribution in [1.82, 2.24) is 30.0 Å². The Hall–Kier alpha value is -2.60. The fraction of sp³-hybridized carbons (Fsp3) is 0.444. The van der Waals surface area contributed by atoms with E-state index in [4.69, 9.17) is 5.11 Å². The maximum atomic E-state index is 12.3. The summed E-state index contributed by atoms with van der Waals surface area (Å²) in [5, 5.41) is 21.4. The summed E-state index contributed by atoms with van der Waals surface area (Å²) in [4.78, 5) is 11.4. The molecule has 0 aliphatic carbocycles. The first-order valence-corrected chi connectivity index (χ1v) is 5.60. The summed E-state index contributed by atoms with van der Waals surface area (Å²) in [7, 11) is 0. The predicted molar refractivity (Wildman–Crippen MR) is 57.1 cm³/mol. The Balaban J connectivity index is 2.23. The first kappa shape index (κ1) is 15.8. The van der Waals surface area contributed by atoms with Crippen molar-refractivity contribution in [3.05, 3.63) is 23.3 Å². The number of halogens is 5. The van der Waals surface area contributed by atoms with Crippen molar-refractivity contribution >= 4 is 5.97 Å². The van der Waals surface area contributed by atoms with Crippen molar-refractivity contribution in [2.75, 3.05) is 0 Å². The summed E-state index contributed by atoms with van der Waals surface area (Å²) < 4.78 is 62.1. The molecule has 0 saturated heterocycles. The van der Waals surface area contributed by atoms with Crippen molar-refractivity contribution in [1.29, 1.82) is 0 Å². The van der Waals surface area contributed by atoms with Crippen LogP contribution < -0.4 is 0 Å². The van der Waals surface area contributed by atoms with Gasteiger partial charge in [-0.1, -0.05) is 0 Å². The second-order valence-electron chi connectivity index (χ2n) is 4.04. The molecule has 0 bridgehead atoms. The minimum absolute atomic E-state index is 0.0934. The quantitative estimate of drug-likeness (QED) is 0.820. The molecule has 0 amide bonds. The molecule has 8 nitrogen and oxygen atoms in total. The molecule has 2 heterocycles. The third-order valence-electron chi connectivity index (χ3n) is 2.37. The Labute approximate surface area is 118 Å². The number of carboxylic acids is 1. The molecular weight excluding hydrogens is 319 g/mol. The van der Waals surface area contributed by atoms with E-state index in [0.717, 1.165) is 6.07 Å². The number of carboxylic acid groups (broad SMARTS) is 1. The number of hydrogen-bond donors (Lipinski definition) is 1. The number of nitrogens with zero attached hydrogens (tertiary/aromatic N) is 6. The summed E-state index contributed by atoms with van der Waals surface area (Å²) >= 11 is 0. The van der Waals surface area contributed by atoms with E-state index in [1.165, 1.54) is 0 Å². The number of carbonyl (C=O) groups is 1. The zero-order chi connectivity index (χ0) is 16.5. The first-order chi connectivity index (χ1) is 10.2. The van der Waals surface area contributed by atoms with Gasteiger partial charge < -0.3 is 5.11 Å². The monoisotopic (exact) mass is 326 g/mol. The van der Waals surface area contributed by atoms with Gasteiger partial charge in [0.15, 0.2) is 0 Å². The Morgan fingerprint density at radius 3 is 2.50 bits per heavy atom. The minimum Gasteiger partial charge on any atom is -0.477 e. The van der Waals surface area contributed by atoms with Crippen LogP contribution in [0.2, 0.25) is 0 Å². The number of tetrazole rings is 1. The smallest absolute Gasteiger partial charge is 0.455 e. The Morgan fingerprint density at radius 2 is 2.00 bits per heavy atom. The third kappa shape index (κ3) is 3.53. The molecule has 0 fully saturated rings. The average molecular weight is 326 g/mol. The van der Waals surface area contributed by atoms with Gasteiger partial charge >= 0.3 is 12.1 Å². The van der Waals surface area contributed by atoms with E-state index in [0.29, 0.717) is 9.48 Å². The van der Waals surface area contributed by atoms with Gasteiger partial charge in [-0.15, -0.1) is 10.2 Å². The van der Waals surface area contributed by atoms with Gasteiger partial charge in [-0.05, 0) is 11.3 Å². The lowest BCUT2D eigenvalue weighted by molar-refractivity contribution is -0.145. The number of rotatable bonds is 5. The van der Waals surface area contributed by atoms with Crippen LogP contribution in [-0.4, -0.2) is 47.5 Å². The lowest BCUT2D eigenvalue weighted by atomic mass is 10.3. The molecule has 0 spiro atoms. The van der Waals surface area contributed by atoms with Crippen molar-refractivity contribution in [2.45, 2.75) is 25.7 Å². The molecule has 0 aliphatic heterocycles. The molecule has 120 valence electrons. The van der Waals surface area contributed by atoms with Gasteiger partial charge in [0.1, 0.15) is 18.8 Å². The molecule has 0 aromatic carbocycles. The Morgan fingerprint density at radius 1 is 1.32 bits per heavy atom. The molecule has 1 N–H and O–H groups in total. The van der Waals surface area contributed by atoms with Crippen LogP contribution >= 0.6 is 0 Å². The molecule has 0 radical (unpaired) electrons. The first-order valence-electron chi connectivity index (χ1n) is 5.60. The maximum absolute atomic E-state index is 12.3. The van der Waals surface area contributed by atoms with Crippen molar-refractivity contribution in [3.63, 3.8) is 0 Å². The molecule has 2 aromatic heterocycles. The summed E-state index contributed by atoms with van der Waals surface area (Å²) in [5.41, 5.74) is -0.615. The highest BCUT2D eigenvalue weighted by Gasteiger charge is 2.36. The lowest BCUT2D eigenvalue weighted by Crippen LogP contribution is -2.15. The van der Waals surface area contributed by atoms with E-state index in [1.807, 2.05) is 0 Å². The van der Waals surface area contributed by atoms with Gasteiger partial charge in [-0.3, -0.25) is 4.68 Å². The zero-order valence-electron chi connectivity index (χ0n) is 10.5. The van der Waals surface area contributed by atoms with Gasteiger partial charge in [-0.2, -0.15) is 23.1 Å². The summed E-state index contributed by atoms with van der Waals surface area (Å²) in [6.45, 7) is -1.40. The summed E-state index contributed by atoms with van der Waals surface area (Å²) in [6.07, 6.45) is -7.62. The van der Waals surface area contributed by atoms with Crippen LogP contribution in [0.3, 0.4) is 0 Å². The fourth-order valence-corrected chi connectivity index (χ4v) is 1.56. The molecular formula is C9H7F5N6O2. The van der Waals surface area contributed by atoms with Gasteiger partial charge in [0.05, 0.1) is 5.69 Å². The van der Waals surface area contributed by atoms with E-state index in [2.05, 4.69) is 20.5 Å². The summed E-state index contributed by atoms with van der Waals surface area (Å²) in [5.74, 6) is -2.97. The van der Waals surface area contributed by atoms with Gasteiger partial charge in [0.2, 0.25) is 0 Å². The molecule has 0 saturated carbocycles. The Kier molecular flexibility index (Phi) is 4.05. The minimum atomic E-state index is -4.78. The van der Waals surface area contributed by atoms with Crippen LogP contribution in [0.15, 0.2) is 6.07 Å². The fourth-order valence-electron chi connectivity index (χ4n) is 1.56. The predicted octanol–water partition coefficient (Wildman–Crippen LogP) is 0.900. The van der Waals surface area contributed by atoms with Crippen LogP contribution in [0, 0.1) is 0 Å². The van der Waals surface area contributed by atoms with Crippen LogP contribution in [0.1, 0.15) is 22.0 Å². The van der Waals surface area contributed by atoms with Crippen molar-refractivity contribution in [2.24, 2.45) is 0 Å². The van der Waals surface area contributed by atoms with E-state index in [-0.39, 0.29) is 5.69 Å². The van der Waals surface area contributed by atoms with Gasteiger partial charge in [0.25, 0.3) is 12.2 Å². The highest BCUT2D eigenvalue weighted by Crippen LogP contribution is 2.24. The average Bonchev–Trinajstić information content (AvgIpc) is 2.95. The molecule has 2 aromatic rings. The molecule has 22 heavy (non-hydrogen) atoms. The van der Waals surface area contributed by atoms with E-state index >= 15 is 0 Å². The standard InChI is InChI=1S/C9H7F5N6O2/c10-6(11)3-19-5(7(21)22)1-4(16-19)2-20-17-8(15-18-20)9(12,13)14/h1,6H,2-3H2,(H,21,22). The summed E-state index contributed by atoms with van der Waals surface area (Å²) in [6, 6.07) is 0.946. The highest BCUT2D eigenvalue weighted by atomic mass is 19.4. The van der Waals surface area contributed by atoms with Crippen LogP contribution in [-0.2, 0) is 19.3 Å². The number of hydrogen-bond acceptors (Lipinski definition) is 5. The molecule has 0 atom stereocenters. The van der Waals surface area contributed by atoms with E-state index < -0.39 is 43.2 Å².